The molecule has 0 aliphatic carbocycles. The Morgan fingerprint density at radius 3 is 3.00 bits per heavy atom. The number of aliphatic hydroxyl groups excluding tert-OH is 1. The average Bonchev–Trinajstić information content (AvgIpc) is 2.61. The van der Waals surface area contributed by atoms with E-state index in [-0.39, 0.29) is 12.7 Å². The van der Waals surface area contributed by atoms with Crippen LogP contribution in [0.5, 0.6) is 0 Å². The van der Waals surface area contributed by atoms with Crippen molar-refractivity contribution in [1.29, 1.82) is 0 Å². The van der Waals surface area contributed by atoms with E-state index in [9.17, 15) is 4.79 Å². The molecule has 1 amide bonds. The number of ether oxygens (including phenoxy) is 1. The van der Waals surface area contributed by atoms with Crippen LogP contribution in [0.25, 0.3) is 0 Å². The topological polar surface area (TPSA) is 49.8 Å². The third kappa shape index (κ3) is 4.34. The predicted octanol–water partition coefficient (Wildman–Crippen LogP) is 1.75. The molecule has 0 aromatic carbocycles. The molecule has 1 rings (SSSR count). The fourth-order valence-corrected chi connectivity index (χ4v) is 1.47. The summed E-state index contributed by atoms with van der Waals surface area (Å²) in [6.45, 7) is 3.50. The highest BCUT2D eigenvalue weighted by molar-refractivity contribution is 5.70. The molecule has 1 aliphatic rings. The SMILES string of the molecule is CC(/C=C/N1CCOC1=O)CCCCO. The Bertz CT molecular complexity index is 228. The lowest BCUT2D eigenvalue weighted by Crippen LogP contribution is -2.17. The quantitative estimate of drug-likeness (QED) is 0.684. The Balaban J connectivity index is 2.21. The zero-order valence-electron chi connectivity index (χ0n) is 9.19. The Kier molecular flexibility index (Phi) is 5.18. The van der Waals surface area contributed by atoms with Gasteiger partial charge in [-0.05, 0) is 18.8 Å². The number of carbonyl (C=O) groups is 1. The summed E-state index contributed by atoms with van der Waals surface area (Å²) in [5.74, 6) is 0.435. The van der Waals surface area contributed by atoms with Crippen LogP contribution < -0.4 is 0 Å². The molecule has 1 saturated heterocycles. The minimum atomic E-state index is -0.256. The minimum absolute atomic E-state index is 0.256. The van der Waals surface area contributed by atoms with E-state index in [1.165, 1.54) is 0 Å². The molecule has 86 valence electrons. The van der Waals surface area contributed by atoms with Gasteiger partial charge in [0, 0.05) is 12.8 Å². The van der Waals surface area contributed by atoms with Gasteiger partial charge in [0.2, 0.25) is 0 Å². The number of carbonyl (C=O) groups excluding carboxylic acids is 1. The molecule has 1 N–H and O–H groups in total. The van der Waals surface area contributed by atoms with E-state index in [2.05, 4.69) is 6.92 Å². The van der Waals surface area contributed by atoms with Crippen LogP contribution in [0.3, 0.4) is 0 Å². The molecular formula is C11H19NO3. The summed E-state index contributed by atoms with van der Waals surface area (Å²) in [6.07, 6.45) is 6.48. The van der Waals surface area contributed by atoms with Crippen molar-refractivity contribution in [2.24, 2.45) is 5.92 Å². The highest BCUT2D eigenvalue weighted by Gasteiger charge is 2.18. The number of amides is 1. The lowest BCUT2D eigenvalue weighted by Gasteiger charge is -2.08. The van der Waals surface area contributed by atoms with Gasteiger partial charge in [-0.2, -0.15) is 0 Å². The lowest BCUT2D eigenvalue weighted by molar-refractivity contribution is 0.166. The van der Waals surface area contributed by atoms with E-state index >= 15 is 0 Å². The molecule has 1 unspecified atom stereocenters. The Hall–Kier alpha value is -1.03. The van der Waals surface area contributed by atoms with Crippen LogP contribution in [0.4, 0.5) is 4.79 Å². The first kappa shape index (κ1) is 12.0. The Morgan fingerprint density at radius 2 is 2.40 bits per heavy atom. The summed E-state index contributed by atoms with van der Waals surface area (Å²) in [4.78, 5) is 12.7. The molecule has 0 aromatic heterocycles. The van der Waals surface area contributed by atoms with Crippen molar-refractivity contribution in [3.05, 3.63) is 12.3 Å². The van der Waals surface area contributed by atoms with Gasteiger partial charge < -0.3 is 9.84 Å². The Morgan fingerprint density at radius 1 is 1.60 bits per heavy atom. The second-order valence-electron chi connectivity index (χ2n) is 3.85. The summed E-state index contributed by atoms with van der Waals surface area (Å²) in [7, 11) is 0. The van der Waals surface area contributed by atoms with E-state index in [0.717, 1.165) is 19.3 Å². The summed E-state index contributed by atoms with van der Waals surface area (Å²) in [5, 5.41) is 8.63. The molecule has 4 nitrogen and oxygen atoms in total. The number of unbranched alkanes of at least 4 members (excludes halogenated alkanes) is 1. The van der Waals surface area contributed by atoms with Crippen LogP contribution in [0.15, 0.2) is 12.3 Å². The average molecular weight is 213 g/mol. The number of hydrogen-bond donors (Lipinski definition) is 1. The minimum Gasteiger partial charge on any atom is -0.447 e. The van der Waals surface area contributed by atoms with Crippen molar-refractivity contribution >= 4 is 6.09 Å². The molecule has 1 atom stereocenters. The maximum Gasteiger partial charge on any atom is 0.413 e. The maximum absolute atomic E-state index is 11.1. The molecule has 1 aliphatic heterocycles. The smallest absolute Gasteiger partial charge is 0.413 e. The molecule has 0 spiro atoms. The molecular weight excluding hydrogens is 194 g/mol. The third-order valence-corrected chi connectivity index (χ3v) is 2.45. The van der Waals surface area contributed by atoms with E-state index in [4.69, 9.17) is 9.84 Å². The van der Waals surface area contributed by atoms with Crippen LogP contribution in [-0.2, 0) is 4.74 Å². The summed E-state index contributed by atoms with van der Waals surface area (Å²) < 4.78 is 4.80. The van der Waals surface area contributed by atoms with E-state index in [1.807, 2.05) is 6.08 Å². The number of cyclic esters (lactones) is 1. The highest BCUT2D eigenvalue weighted by Crippen LogP contribution is 2.11. The van der Waals surface area contributed by atoms with Gasteiger partial charge in [-0.25, -0.2) is 4.79 Å². The second-order valence-corrected chi connectivity index (χ2v) is 3.85. The fourth-order valence-electron chi connectivity index (χ4n) is 1.47. The zero-order valence-corrected chi connectivity index (χ0v) is 9.19. The maximum atomic E-state index is 11.1. The molecule has 1 fully saturated rings. The van der Waals surface area contributed by atoms with Crippen LogP contribution >= 0.6 is 0 Å². The van der Waals surface area contributed by atoms with Crippen LogP contribution in [0.1, 0.15) is 26.2 Å². The third-order valence-electron chi connectivity index (χ3n) is 2.45. The standard InChI is InChI=1S/C11H19NO3/c1-10(4-2-3-8-13)5-6-12-7-9-15-11(12)14/h5-6,10,13H,2-4,7-9H2,1H3/b6-5+. The molecule has 1 heterocycles. The van der Waals surface area contributed by atoms with Crippen molar-refractivity contribution in [3.63, 3.8) is 0 Å². The van der Waals surface area contributed by atoms with E-state index in [1.54, 1.807) is 11.1 Å². The van der Waals surface area contributed by atoms with Crippen LogP contribution in [0.2, 0.25) is 0 Å². The van der Waals surface area contributed by atoms with Gasteiger partial charge in [-0.3, -0.25) is 4.90 Å². The van der Waals surface area contributed by atoms with Crippen LogP contribution in [0, 0.1) is 5.92 Å². The van der Waals surface area contributed by atoms with Gasteiger partial charge in [0.1, 0.15) is 6.61 Å². The molecule has 0 bridgehead atoms. The first-order valence-electron chi connectivity index (χ1n) is 5.46. The van der Waals surface area contributed by atoms with Gasteiger partial charge in [0.25, 0.3) is 0 Å². The van der Waals surface area contributed by atoms with Crippen molar-refractivity contribution < 1.29 is 14.6 Å². The number of hydrogen-bond acceptors (Lipinski definition) is 3. The van der Waals surface area contributed by atoms with Crippen LogP contribution in [-0.4, -0.2) is 35.9 Å². The summed E-state index contributed by atoms with van der Waals surface area (Å²) in [5.41, 5.74) is 0. The molecule has 0 saturated carbocycles. The van der Waals surface area contributed by atoms with Gasteiger partial charge in [0.15, 0.2) is 0 Å². The number of allylic oxidation sites excluding steroid dienone is 1. The molecule has 4 heteroatoms. The van der Waals surface area contributed by atoms with Crippen molar-refractivity contribution in [2.75, 3.05) is 19.8 Å². The predicted molar refractivity (Wildman–Crippen MR) is 57.3 cm³/mol. The van der Waals surface area contributed by atoms with E-state index < -0.39 is 0 Å². The summed E-state index contributed by atoms with van der Waals surface area (Å²) in [6, 6.07) is 0. The van der Waals surface area contributed by atoms with Crippen molar-refractivity contribution in [1.82, 2.24) is 4.90 Å². The molecule has 15 heavy (non-hydrogen) atoms. The second kappa shape index (κ2) is 6.45. The highest BCUT2D eigenvalue weighted by atomic mass is 16.6. The van der Waals surface area contributed by atoms with Gasteiger partial charge in [-0.1, -0.05) is 19.4 Å². The Labute approximate surface area is 90.5 Å². The summed E-state index contributed by atoms with van der Waals surface area (Å²) >= 11 is 0. The lowest BCUT2D eigenvalue weighted by atomic mass is 10.0. The van der Waals surface area contributed by atoms with Gasteiger partial charge in [-0.15, -0.1) is 0 Å². The first-order valence-corrected chi connectivity index (χ1v) is 5.46. The molecule has 0 radical (unpaired) electrons. The van der Waals surface area contributed by atoms with Crippen molar-refractivity contribution in [2.45, 2.75) is 26.2 Å². The number of aliphatic hydroxyl groups is 1. The van der Waals surface area contributed by atoms with Crippen molar-refractivity contribution in [3.8, 4) is 0 Å². The zero-order chi connectivity index (χ0) is 11.1. The number of rotatable bonds is 6. The monoisotopic (exact) mass is 213 g/mol. The molecule has 0 aromatic rings. The first-order chi connectivity index (χ1) is 7.24. The van der Waals surface area contributed by atoms with Gasteiger partial charge >= 0.3 is 6.09 Å². The number of nitrogens with zero attached hydrogens (tertiary/aromatic N) is 1. The normalized spacial score (nSPS) is 18.5. The van der Waals surface area contributed by atoms with E-state index in [0.29, 0.717) is 19.1 Å². The largest absolute Gasteiger partial charge is 0.447 e. The fraction of sp³-hybridized carbons (Fsp3) is 0.727. The van der Waals surface area contributed by atoms with Gasteiger partial charge in [0.05, 0.1) is 6.54 Å².